The van der Waals surface area contributed by atoms with Crippen LogP contribution in [-0.4, -0.2) is 70.6 Å². The lowest BCUT2D eigenvalue weighted by molar-refractivity contribution is 0.0474. The number of rotatable bonds is 7. The molecule has 11 heteroatoms. The van der Waals surface area contributed by atoms with Gasteiger partial charge >= 0.3 is 0 Å². The van der Waals surface area contributed by atoms with Crippen LogP contribution >= 0.6 is 0 Å². The van der Waals surface area contributed by atoms with E-state index < -0.39 is 24.4 Å². The van der Waals surface area contributed by atoms with Crippen molar-refractivity contribution in [2.45, 2.75) is 37.4 Å². The van der Waals surface area contributed by atoms with Gasteiger partial charge in [-0.05, 0) is 42.8 Å². The molecule has 36 heavy (non-hydrogen) atoms. The molecule has 2 aliphatic rings. The predicted octanol–water partition coefficient (Wildman–Crippen LogP) is 2.20. The fraction of sp³-hybridized carbons (Fsp3) is 0.400. The molecule has 1 saturated heterocycles. The highest BCUT2D eigenvalue weighted by molar-refractivity contribution is 6.07. The average molecular weight is 497 g/mol. The summed E-state index contributed by atoms with van der Waals surface area (Å²) in [6, 6.07) is 12.3. The van der Waals surface area contributed by atoms with Crippen LogP contribution in [0.4, 0.5) is 0 Å². The average Bonchev–Trinajstić information content (AvgIpc) is 3.56. The van der Waals surface area contributed by atoms with Crippen LogP contribution in [0.15, 0.2) is 53.8 Å². The number of aliphatic hydroxyl groups excluding tert-OH is 2. The Bertz CT molecular complexity index is 1250. The first-order valence-electron chi connectivity index (χ1n) is 11.6. The molecule has 190 valence electrons. The maximum absolute atomic E-state index is 11.3. The van der Waals surface area contributed by atoms with Gasteiger partial charge in [-0.1, -0.05) is 22.5 Å². The number of ether oxygens (including phenoxy) is 4. The first kappa shape index (κ1) is 24.0. The Kier molecular flexibility index (Phi) is 6.77. The normalized spacial score (nSPS) is 25.2. The number of aliphatic hydroxyl groups is 2. The molecule has 5 atom stereocenters. The quantitative estimate of drug-likeness (QED) is 0.473. The van der Waals surface area contributed by atoms with Gasteiger partial charge in [-0.25, -0.2) is 4.68 Å². The van der Waals surface area contributed by atoms with Crippen molar-refractivity contribution in [1.29, 1.82) is 0 Å². The molecule has 3 heterocycles. The summed E-state index contributed by atoms with van der Waals surface area (Å²) in [5, 5.41) is 34.0. The lowest BCUT2D eigenvalue weighted by Gasteiger charge is -2.32. The summed E-state index contributed by atoms with van der Waals surface area (Å²) in [7, 11) is 3.14. The Morgan fingerprint density at radius 1 is 1.08 bits per heavy atom. The summed E-state index contributed by atoms with van der Waals surface area (Å²) < 4.78 is 23.7. The van der Waals surface area contributed by atoms with Crippen LogP contribution in [0.5, 0.6) is 17.2 Å². The van der Waals surface area contributed by atoms with Crippen molar-refractivity contribution in [3.63, 3.8) is 0 Å². The molecule has 2 aromatic carbocycles. The standard InChI is InChI=1S/C25H28N4O7/c1-14(19-11-29(28-26-19)20-12-34-13-21(20)30)36-27-23-18-10-17(33-3)7-8-22(18)35-25(24(23)31)15-5-4-6-16(9-15)32-2/h4-11,14,20-21,24-25,30-31H,12-13H2,1-3H3/b27-23-/t14-,20-,21+,24-,25-/m0/s1. The zero-order valence-corrected chi connectivity index (χ0v) is 20.1. The van der Waals surface area contributed by atoms with E-state index in [-0.39, 0.29) is 12.6 Å². The molecule has 0 bridgehead atoms. The number of hydrogen-bond donors (Lipinski definition) is 2. The van der Waals surface area contributed by atoms with E-state index in [0.717, 1.165) is 5.56 Å². The fourth-order valence-electron chi connectivity index (χ4n) is 4.23. The largest absolute Gasteiger partial charge is 0.497 e. The number of aromatic nitrogens is 3. The monoisotopic (exact) mass is 496 g/mol. The molecule has 2 aliphatic heterocycles. The Balaban J connectivity index is 1.43. The van der Waals surface area contributed by atoms with Crippen LogP contribution in [0.1, 0.15) is 42.0 Å². The van der Waals surface area contributed by atoms with Gasteiger partial charge in [-0.2, -0.15) is 0 Å². The summed E-state index contributed by atoms with van der Waals surface area (Å²) in [6.45, 7) is 2.40. The second-order valence-electron chi connectivity index (χ2n) is 8.64. The van der Waals surface area contributed by atoms with Gasteiger partial charge < -0.3 is 34.0 Å². The van der Waals surface area contributed by atoms with E-state index in [2.05, 4.69) is 15.5 Å². The Morgan fingerprint density at radius 2 is 1.89 bits per heavy atom. The molecule has 2 N–H and O–H groups in total. The van der Waals surface area contributed by atoms with Crippen molar-refractivity contribution < 1.29 is 34.0 Å². The second-order valence-corrected chi connectivity index (χ2v) is 8.64. The van der Waals surface area contributed by atoms with Crippen molar-refractivity contribution in [2.75, 3.05) is 27.4 Å². The van der Waals surface area contributed by atoms with Gasteiger partial charge in [0.15, 0.2) is 12.2 Å². The summed E-state index contributed by atoms with van der Waals surface area (Å²) in [4.78, 5) is 5.80. The second kappa shape index (κ2) is 10.1. The van der Waals surface area contributed by atoms with E-state index in [4.69, 9.17) is 23.8 Å². The van der Waals surface area contributed by atoms with Crippen LogP contribution in [0.2, 0.25) is 0 Å². The third-order valence-corrected chi connectivity index (χ3v) is 6.32. The van der Waals surface area contributed by atoms with Gasteiger partial charge in [0, 0.05) is 5.56 Å². The van der Waals surface area contributed by atoms with Gasteiger partial charge in [0.2, 0.25) is 0 Å². The van der Waals surface area contributed by atoms with Crippen molar-refractivity contribution in [3.05, 3.63) is 65.5 Å². The van der Waals surface area contributed by atoms with Gasteiger partial charge in [0.1, 0.15) is 46.9 Å². The molecular formula is C25H28N4O7. The number of fused-ring (bicyclic) bond motifs is 1. The Labute approximate surface area is 207 Å². The van der Waals surface area contributed by atoms with Crippen molar-refractivity contribution in [3.8, 4) is 17.2 Å². The van der Waals surface area contributed by atoms with Crippen LogP contribution in [0, 0.1) is 0 Å². The summed E-state index contributed by atoms with van der Waals surface area (Å²) in [6.07, 6.45) is -1.39. The molecule has 0 spiro atoms. The molecule has 1 fully saturated rings. The molecule has 0 saturated carbocycles. The zero-order chi connectivity index (χ0) is 25.2. The third kappa shape index (κ3) is 4.60. The molecule has 5 rings (SSSR count). The van der Waals surface area contributed by atoms with E-state index in [9.17, 15) is 10.2 Å². The van der Waals surface area contributed by atoms with Gasteiger partial charge in [-0.15, -0.1) is 5.10 Å². The van der Waals surface area contributed by atoms with Gasteiger partial charge in [0.25, 0.3) is 0 Å². The van der Waals surface area contributed by atoms with Crippen LogP contribution < -0.4 is 14.2 Å². The molecular weight excluding hydrogens is 468 g/mol. The molecule has 0 radical (unpaired) electrons. The summed E-state index contributed by atoms with van der Waals surface area (Å²) in [5.74, 6) is 1.77. The van der Waals surface area contributed by atoms with Gasteiger partial charge in [0.05, 0.1) is 33.6 Å². The smallest absolute Gasteiger partial charge is 0.169 e. The topological polar surface area (TPSA) is 130 Å². The maximum Gasteiger partial charge on any atom is 0.169 e. The molecule has 1 aromatic heterocycles. The SMILES string of the molecule is COc1cccc([C@@H]2Oc3ccc(OC)cc3/C(=N/O[C@@H](C)c3cn([C@H]4COC[C@H]4O)nn3)[C@@H]2O)c1. The van der Waals surface area contributed by atoms with Crippen molar-refractivity contribution >= 4 is 5.71 Å². The third-order valence-electron chi connectivity index (χ3n) is 6.32. The predicted molar refractivity (Wildman–Crippen MR) is 127 cm³/mol. The van der Waals surface area contributed by atoms with E-state index in [1.54, 1.807) is 50.2 Å². The van der Waals surface area contributed by atoms with Crippen molar-refractivity contribution in [1.82, 2.24) is 15.0 Å². The maximum atomic E-state index is 11.3. The number of methoxy groups -OCH3 is 2. The molecule has 0 amide bonds. The lowest BCUT2D eigenvalue weighted by Crippen LogP contribution is -2.37. The highest BCUT2D eigenvalue weighted by atomic mass is 16.6. The first-order chi connectivity index (χ1) is 17.5. The highest BCUT2D eigenvalue weighted by Crippen LogP contribution is 2.38. The Hall–Kier alpha value is -3.67. The first-order valence-corrected chi connectivity index (χ1v) is 11.6. The van der Waals surface area contributed by atoms with E-state index in [1.807, 2.05) is 24.3 Å². The van der Waals surface area contributed by atoms with E-state index in [0.29, 0.717) is 40.8 Å². The lowest BCUT2D eigenvalue weighted by atomic mass is 9.92. The molecule has 3 aromatic rings. The molecule has 0 aliphatic carbocycles. The van der Waals surface area contributed by atoms with Crippen LogP contribution in [-0.2, 0) is 9.57 Å². The van der Waals surface area contributed by atoms with Crippen molar-refractivity contribution in [2.24, 2.45) is 5.16 Å². The zero-order valence-electron chi connectivity index (χ0n) is 20.1. The van der Waals surface area contributed by atoms with Gasteiger partial charge in [-0.3, -0.25) is 0 Å². The number of hydrogen-bond acceptors (Lipinski definition) is 10. The summed E-state index contributed by atoms with van der Waals surface area (Å²) in [5.41, 5.74) is 2.10. The number of oxime groups is 1. The molecule has 0 unspecified atom stereocenters. The van der Waals surface area contributed by atoms with E-state index >= 15 is 0 Å². The highest BCUT2D eigenvalue weighted by Gasteiger charge is 2.37. The summed E-state index contributed by atoms with van der Waals surface area (Å²) >= 11 is 0. The Morgan fingerprint density at radius 3 is 2.64 bits per heavy atom. The number of nitrogens with zero attached hydrogens (tertiary/aromatic N) is 4. The van der Waals surface area contributed by atoms with E-state index in [1.165, 1.54) is 0 Å². The fourth-order valence-corrected chi connectivity index (χ4v) is 4.23. The minimum atomic E-state index is -1.13. The van der Waals surface area contributed by atoms with Crippen LogP contribution in [0.3, 0.4) is 0 Å². The van der Waals surface area contributed by atoms with Crippen LogP contribution in [0.25, 0.3) is 0 Å². The minimum Gasteiger partial charge on any atom is -0.497 e. The molecule has 11 nitrogen and oxygen atoms in total. The number of benzene rings is 2. The minimum absolute atomic E-state index is 0.261.